The van der Waals surface area contributed by atoms with Crippen LogP contribution in [0.5, 0.6) is 0 Å². The molecule has 0 aromatic carbocycles. The number of hydrogen-bond donors (Lipinski definition) is 1. The van der Waals surface area contributed by atoms with Gasteiger partial charge >= 0.3 is 7.25 Å². The van der Waals surface area contributed by atoms with Crippen LogP contribution in [0.4, 0.5) is 17.3 Å². The summed E-state index contributed by atoms with van der Waals surface area (Å²) < 4.78 is 39.0. The minimum atomic E-state index is -6.00. The van der Waals surface area contributed by atoms with E-state index < -0.39 is 7.25 Å². The minimum Gasteiger partial charge on any atom is -0.418 e. The monoisotopic (exact) mass is 229 g/mol. The number of nitrogens with one attached hydrogen (secondary N) is 1. The van der Waals surface area contributed by atoms with Crippen molar-refractivity contribution < 1.29 is 22.2 Å². The van der Waals surface area contributed by atoms with Gasteiger partial charge in [-0.25, -0.2) is 0 Å². The molecule has 1 nitrogen and oxygen atoms in total. The topological polar surface area (TPSA) is 4.44 Å². The molecule has 0 aromatic rings. The van der Waals surface area contributed by atoms with E-state index in [2.05, 4.69) is 13.8 Å². The molecule has 92 valence electrons. The van der Waals surface area contributed by atoms with Crippen LogP contribution in [0.25, 0.3) is 0 Å². The Morgan fingerprint density at radius 2 is 1.80 bits per heavy atom. The van der Waals surface area contributed by atoms with E-state index in [1.54, 1.807) is 0 Å². The van der Waals surface area contributed by atoms with Crippen molar-refractivity contribution in [2.75, 3.05) is 19.6 Å². The molecule has 1 N–H and O–H groups in total. The van der Waals surface area contributed by atoms with Crippen molar-refractivity contribution in [2.24, 2.45) is 5.92 Å². The largest absolute Gasteiger partial charge is 0.673 e. The second-order valence-electron chi connectivity index (χ2n) is 4.20. The first-order valence-corrected chi connectivity index (χ1v) is 5.53. The maximum absolute atomic E-state index is 9.75. The lowest BCUT2D eigenvalue weighted by Crippen LogP contribution is -3.10. The van der Waals surface area contributed by atoms with E-state index in [-0.39, 0.29) is 0 Å². The Bertz CT molecular complexity index is 157. The molecule has 1 aliphatic heterocycles. The maximum Gasteiger partial charge on any atom is 0.673 e. The Balaban J connectivity index is 0.000000336. The molecule has 0 amide bonds. The molecule has 0 aromatic heterocycles. The Morgan fingerprint density at radius 3 is 2.13 bits per heavy atom. The van der Waals surface area contributed by atoms with Gasteiger partial charge in [-0.2, -0.15) is 0 Å². The Kier molecular flexibility index (Phi) is 6.97. The van der Waals surface area contributed by atoms with Gasteiger partial charge in [0, 0.05) is 12.3 Å². The van der Waals surface area contributed by atoms with E-state index in [9.17, 15) is 17.3 Å². The molecular weight excluding hydrogens is 209 g/mol. The Labute approximate surface area is 88.9 Å². The molecule has 1 rings (SSSR count). The molecule has 2 atom stereocenters. The highest BCUT2D eigenvalue weighted by Crippen LogP contribution is 2.06. The van der Waals surface area contributed by atoms with E-state index in [4.69, 9.17) is 0 Å². The summed E-state index contributed by atoms with van der Waals surface area (Å²) in [5, 5.41) is 0. The van der Waals surface area contributed by atoms with Gasteiger partial charge in [0.25, 0.3) is 0 Å². The summed E-state index contributed by atoms with van der Waals surface area (Å²) in [6, 6.07) is 0. The number of quaternary nitrogens is 1. The normalized spacial score (nSPS) is 26.0. The first kappa shape index (κ1) is 14.7. The summed E-state index contributed by atoms with van der Waals surface area (Å²) in [5.74, 6) is 0.992. The van der Waals surface area contributed by atoms with Gasteiger partial charge < -0.3 is 22.2 Å². The summed E-state index contributed by atoms with van der Waals surface area (Å²) in [4.78, 5) is 1.84. The van der Waals surface area contributed by atoms with Crippen LogP contribution in [-0.2, 0) is 0 Å². The standard InChI is InChI=1S/C9H19N.BF4/c1-3-4-6-10-7-5-9(2)8-10;2-1(3,4)5/h9H,3-8H2,1-2H3;/q;-1/p+1. The van der Waals surface area contributed by atoms with Crippen molar-refractivity contribution in [1.82, 2.24) is 0 Å². The lowest BCUT2D eigenvalue weighted by Gasteiger charge is -2.10. The molecule has 1 heterocycles. The third-order valence-corrected chi connectivity index (χ3v) is 2.51. The summed E-state index contributed by atoms with van der Waals surface area (Å²) in [6.45, 7) is 8.93. The highest BCUT2D eigenvalue weighted by Gasteiger charge is 2.21. The Hall–Kier alpha value is -0.255. The third kappa shape index (κ3) is 11.7. The van der Waals surface area contributed by atoms with E-state index in [0.29, 0.717) is 0 Å². The summed E-state index contributed by atoms with van der Waals surface area (Å²) in [5.41, 5.74) is 0. The molecule has 0 saturated carbocycles. The van der Waals surface area contributed by atoms with Crippen LogP contribution in [0.2, 0.25) is 0 Å². The van der Waals surface area contributed by atoms with Crippen molar-refractivity contribution in [3.05, 3.63) is 0 Å². The SMILES string of the molecule is CCCC[NH+]1CCC(C)C1.F[B-](F)(F)F. The van der Waals surface area contributed by atoms with Gasteiger partial charge in [0.2, 0.25) is 0 Å². The predicted octanol–water partition coefficient (Wildman–Crippen LogP) is 2.01. The van der Waals surface area contributed by atoms with Gasteiger partial charge in [0.05, 0.1) is 19.6 Å². The molecule has 1 fully saturated rings. The zero-order valence-electron chi connectivity index (χ0n) is 9.41. The highest BCUT2D eigenvalue weighted by atomic mass is 19.5. The number of rotatable bonds is 3. The van der Waals surface area contributed by atoms with E-state index in [0.717, 1.165) is 5.92 Å². The Morgan fingerprint density at radius 1 is 1.27 bits per heavy atom. The van der Waals surface area contributed by atoms with Crippen molar-refractivity contribution in [2.45, 2.75) is 33.1 Å². The first-order chi connectivity index (χ1) is 6.83. The second-order valence-corrected chi connectivity index (χ2v) is 4.20. The van der Waals surface area contributed by atoms with Crippen LogP contribution in [0.15, 0.2) is 0 Å². The molecule has 1 aliphatic rings. The zero-order chi connectivity index (χ0) is 11.9. The van der Waals surface area contributed by atoms with E-state index in [1.165, 1.54) is 38.9 Å². The van der Waals surface area contributed by atoms with Crippen LogP contribution in [0.1, 0.15) is 33.1 Å². The minimum absolute atomic E-state index is 0.992. The van der Waals surface area contributed by atoms with Gasteiger partial charge in [-0.1, -0.05) is 20.3 Å². The molecule has 0 bridgehead atoms. The predicted molar refractivity (Wildman–Crippen MR) is 54.4 cm³/mol. The number of hydrogen-bond acceptors (Lipinski definition) is 0. The summed E-state index contributed by atoms with van der Waals surface area (Å²) in [6.07, 6.45) is 4.24. The number of unbranched alkanes of at least 4 members (excludes halogenated alkanes) is 1. The first-order valence-electron chi connectivity index (χ1n) is 5.53. The molecule has 2 unspecified atom stereocenters. The average Bonchev–Trinajstić information content (AvgIpc) is 2.45. The lowest BCUT2D eigenvalue weighted by molar-refractivity contribution is -0.889. The molecule has 0 aliphatic carbocycles. The second kappa shape index (κ2) is 7.09. The van der Waals surface area contributed by atoms with Gasteiger partial charge in [-0.05, 0) is 6.42 Å². The van der Waals surface area contributed by atoms with Crippen LogP contribution in [0.3, 0.4) is 0 Å². The number of likely N-dealkylation sites (tertiary alicyclic amines) is 1. The number of halogens is 4. The molecule has 0 spiro atoms. The van der Waals surface area contributed by atoms with Crippen LogP contribution >= 0.6 is 0 Å². The van der Waals surface area contributed by atoms with Crippen LogP contribution in [-0.4, -0.2) is 26.9 Å². The van der Waals surface area contributed by atoms with Gasteiger partial charge in [0.1, 0.15) is 0 Å². The highest BCUT2D eigenvalue weighted by molar-refractivity contribution is 6.50. The molecule has 0 radical (unpaired) electrons. The zero-order valence-corrected chi connectivity index (χ0v) is 9.41. The fourth-order valence-electron chi connectivity index (χ4n) is 1.80. The van der Waals surface area contributed by atoms with Gasteiger partial charge in [-0.3, -0.25) is 0 Å². The van der Waals surface area contributed by atoms with Crippen molar-refractivity contribution in [1.29, 1.82) is 0 Å². The molecule has 1 saturated heterocycles. The fraction of sp³-hybridized carbons (Fsp3) is 1.00. The molecule has 15 heavy (non-hydrogen) atoms. The van der Waals surface area contributed by atoms with Crippen LogP contribution < -0.4 is 4.90 Å². The van der Waals surface area contributed by atoms with E-state index >= 15 is 0 Å². The maximum atomic E-state index is 9.75. The smallest absolute Gasteiger partial charge is 0.418 e. The average molecular weight is 229 g/mol. The van der Waals surface area contributed by atoms with Gasteiger partial charge in [0.15, 0.2) is 0 Å². The van der Waals surface area contributed by atoms with Crippen LogP contribution in [0, 0.1) is 5.92 Å². The molecular formula is C9H20BF4N. The van der Waals surface area contributed by atoms with Crippen molar-refractivity contribution in [3.63, 3.8) is 0 Å². The van der Waals surface area contributed by atoms with Gasteiger partial charge in [-0.15, -0.1) is 0 Å². The lowest BCUT2D eigenvalue weighted by atomic mass is 10.2. The quantitative estimate of drug-likeness (QED) is 0.557. The molecule has 6 heteroatoms. The fourth-order valence-corrected chi connectivity index (χ4v) is 1.80. The van der Waals surface area contributed by atoms with Crippen molar-refractivity contribution >= 4 is 7.25 Å². The van der Waals surface area contributed by atoms with E-state index in [1.807, 2.05) is 4.90 Å². The summed E-state index contributed by atoms with van der Waals surface area (Å²) in [7, 11) is -6.00. The van der Waals surface area contributed by atoms with Crippen molar-refractivity contribution in [3.8, 4) is 0 Å². The summed E-state index contributed by atoms with van der Waals surface area (Å²) >= 11 is 0. The third-order valence-electron chi connectivity index (χ3n) is 2.51.